The summed E-state index contributed by atoms with van der Waals surface area (Å²) in [7, 11) is -0.433. The molecule has 0 aromatic rings. The zero-order chi connectivity index (χ0) is 15.8. The van der Waals surface area contributed by atoms with Gasteiger partial charge in [-0.25, -0.2) is 0 Å². The van der Waals surface area contributed by atoms with Crippen LogP contribution in [0.5, 0.6) is 0 Å². The van der Waals surface area contributed by atoms with Gasteiger partial charge in [0.15, 0.2) is 8.32 Å². The minimum atomic E-state index is -1.84. The van der Waals surface area contributed by atoms with Crippen LogP contribution in [0.1, 0.15) is 40.0 Å². The Balaban J connectivity index is 4.62. The van der Waals surface area contributed by atoms with Crippen LogP contribution in [0.15, 0.2) is 12.2 Å². The normalized spacial score (nSPS) is 14.1. The first-order valence-electron chi connectivity index (χ1n) is 7.01. The first kappa shape index (κ1) is 18.9. The summed E-state index contributed by atoms with van der Waals surface area (Å²) < 4.78 is 11.0. The van der Waals surface area contributed by atoms with E-state index in [1.807, 2.05) is 6.08 Å². The maximum Gasteiger partial charge on any atom is 0.305 e. The lowest BCUT2D eigenvalue weighted by molar-refractivity contribution is -0.140. The molecule has 1 atom stereocenters. The van der Waals surface area contributed by atoms with E-state index >= 15 is 0 Å². The summed E-state index contributed by atoms with van der Waals surface area (Å²) in [6, 6.07) is 0. The molecule has 0 rings (SSSR count). The van der Waals surface area contributed by atoms with E-state index in [0.717, 1.165) is 12.8 Å². The number of terminal acetylenes is 1. The maximum atomic E-state index is 11.1. The van der Waals surface area contributed by atoms with Crippen LogP contribution in [-0.4, -0.2) is 27.5 Å². The summed E-state index contributed by atoms with van der Waals surface area (Å²) in [4.78, 5) is 11.1. The van der Waals surface area contributed by atoms with Crippen LogP contribution in [0.4, 0.5) is 0 Å². The molecular weight excluding hydrogens is 268 g/mol. The van der Waals surface area contributed by atoms with E-state index in [1.54, 1.807) is 6.08 Å². The Kier molecular flexibility index (Phi) is 7.85. The Morgan fingerprint density at radius 3 is 2.45 bits per heavy atom. The molecule has 0 aromatic carbocycles. The van der Waals surface area contributed by atoms with E-state index in [9.17, 15) is 4.79 Å². The van der Waals surface area contributed by atoms with Gasteiger partial charge >= 0.3 is 5.97 Å². The van der Waals surface area contributed by atoms with Gasteiger partial charge in [0.1, 0.15) is 0 Å². The largest absolute Gasteiger partial charge is 0.469 e. The molecule has 0 aliphatic carbocycles. The van der Waals surface area contributed by atoms with Gasteiger partial charge in [0, 0.05) is 6.42 Å². The fourth-order valence-electron chi connectivity index (χ4n) is 1.46. The predicted octanol–water partition coefficient (Wildman–Crippen LogP) is 3.91. The molecule has 0 saturated heterocycles. The average Bonchev–Trinajstić information content (AvgIpc) is 2.33. The van der Waals surface area contributed by atoms with Gasteiger partial charge in [-0.1, -0.05) is 26.7 Å². The number of carbonyl (C=O) groups excluding carboxylic acids is 1. The Hall–Kier alpha value is -1.05. The number of ether oxygens (including phenoxy) is 1. The minimum absolute atomic E-state index is 0.0309. The maximum absolute atomic E-state index is 11.1. The van der Waals surface area contributed by atoms with Gasteiger partial charge in [-0.15, -0.1) is 6.42 Å². The molecule has 0 fully saturated rings. The Labute approximate surface area is 124 Å². The molecule has 0 heterocycles. The Morgan fingerprint density at radius 1 is 1.40 bits per heavy atom. The van der Waals surface area contributed by atoms with E-state index in [1.165, 1.54) is 7.11 Å². The van der Waals surface area contributed by atoms with E-state index in [4.69, 9.17) is 10.8 Å². The lowest BCUT2D eigenvalue weighted by atomic mass is 10.1. The van der Waals surface area contributed by atoms with Gasteiger partial charge in [-0.3, -0.25) is 4.79 Å². The molecule has 114 valence electrons. The smallest absolute Gasteiger partial charge is 0.305 e. The van der Waals surface area contributed by atoms with Crippen LogP contribution in [0.25, 0.3) is 0 Å². The summed E-state index contributed by atoms with van der Waals surface area (Å²) in [6.07, 6.45) is 10.8. The minimum Gasteiger partial charge on any atom is -0.469 e. The second-order valence-corrected chi connectivity index (χ2v) is 11.2. The highest BCUT2D eigenvalue weighted by molar-refractivity contribution is 6.74. The Bertz CT molecular complexity index is 372. The van der Waals surface area contributed by atoms with Gasteiger partial charge in [0.2, 0.25) is 0 Å². The van der Waals surface area contributed by atoms with E-state index in [2.05, 4.69) is 44.5 Å². The lowest BCUT2D eigenvalue weighted by Gasteiger charge is -2.38. The predicted molar refractivity (Wildman–Crippen MR) is 85.9 cm³/mol. The van der Waals surface area contributed by atoms with E-state index in [-0.39, 0.29) is 17.1 Å². The van der Waals surface area contributed by atoms with Crippen LogP contribution in [0, 0.1) is 12.3 Å². The van der Waals surface area contributed by atoms with Gasteiger partial charge in [-0.2, -0.15) is 0 Å². The molecular formula is C16H28O3Si. The van der Waals surface area contributed by atoms with Crippen LogP contribution in [0.3, 0.4) is 0 Å². The zero-order valence-corrected chi connectivity index (χ0v) is 14.7. The van der Waals surface area contributed by atoms with Crippen LogP contribution in [-0.2, 0) is 14.0 Å². The molecule has 0 radical (unpaired) electrons. The van der Waals surface area contributed by atoms with Crippen LogP contribution >= 0.6 is 0 Å². The second kappa shape index (κ2) is 8.28. The molecule has 0 bridgehead atoms. The topological polar surface area (TPSA) is 35.5 Å². The van der Waals surface area contributed by atoms with Gasteiger partial charge in [0.25, 0.3) is 0 Å². The molecule has 0 saturated carbocycles. The summed E-state index contributed by atoms with van der Waals surface area (Å²) >= 11 is 0. The third-order valence-corrected chi connectivity index (χ3v) is 8.26. The van der Waals surface area contributed by atoms with Crippen molar-refractivity contribution >= 4 is 14.3 Å². The molecule has 3 nitrogen and oxygen atoms in total. The molecule has 1 unspecified atom stereocenters. The van der Waals surface area contributed by atoms with Crippen molar-refractivity contribution in [3.63, 3.8) is 0 Å². The monoisotopic (exact) mass is 296 g/mol. The van der Waals surface area contributed by atoms with Crippen molar-refractivity contribution in [1.82, 2.24) is 0 Å². The second-order valence-electron chi connectivity index (χ2n) is 6.41. The van der Waals surface area contributed by atoms with Gasteiger partial charge in [-0.05, 0) is 43.1 Å². The molecule has 0 amide bonds. The molecule has 0 spiro atoms. The molecule has 20 heavy (non-hydrogen) atoms. The molecule has 0 aliphatic rings. The number of allylic oxidation sites excluding steroid dienone is 1. The summed E-state index contributed by atoms with van der Waals surface area (Å²) in [5.74, 6) is 2.31. The molecule has 0 aliphatic heterocycles. The number of hydrogen-bond donors (Lipinski definition) is 0. The van der Waals surface area contributed by atoms with Crippen molar-refractivity contribution in [2.24, 2.45) is 0 Å². The van der Waals surface area contributed by atoms with Crippen molar-refractivity contribution in [2.75, 3.05) is 7.11 Å². The summed E-state index contributed by atoms with van der Waals surface area (Å²) in [6.45, 7) is 11.0. The number of esters is 1. The number of rotatable bonds is 7. The van der Waals surface area contributed by atoms with E-state index in [0.29, 0.717) is 6.42 Å². The highest BCUT2D eigenvalue weighted by Gasteiger charge is 2.38. The number of carbonyl (C=O) groups is 1. The zero-order valence-electron chi connectivity index (χ0n) is 13.7. The first-order chi connectivity index (χ1) is 9.14. The van der Waals surface area contributed by atoms with Gasteiger partial charge < -0.3 is 9.16 Å². The van der Waals surface area contributed by atoms with E-state index < -0.39 is 8.32 Å². The fourth-order valence-corrected chi connectivity index (χ4v) is 2.77. The molecule has 0 N–H and O–H groups in total. The van der Waals surface area contributed by atoms with Crippen molar-refractivity contribution in [3.8, 4) is 12.3 Å². The van der Waals surface area contributed by atoms with Gasteiger partial charge in [0.05, 0.1) is 13.2 Å². The third kappa shape index (κ3) is 6.92. The highest BCUT2D eigenvalue weighted by Crippen LogP contribution is 2.37. The average molecular weight is 296 g/mol. The van der Waals surface area contributed by atoms with Crippen molar-refractivity contribution in [2.45, 2.75) is 64.3 Å². The highest BCUT2D eigenvalue weighted by atomic mass is 28.4. The van der Waals surface area contributed by atoms with Crippen molar-refractivity contribution in [1.29, 1.82) is 0 Å². The first-order valence-corrected chi connectivity index (χ1v) is 9.92. The van der Waals surface area contributed by atoms with Crippen LogP contribution in [0.2, 0.25) is 18.1 Å². The quantitative estimate of drug-likeness (QED) is 0.406. The fraction of sp³-hybridized carbons (Fsp3) is 0.688. The standard InChI is InChI=1S/C16H28O3Si/c1-8-9-11-14(12-10-13-15(17)18-5)19-20(6,7)16(2,3)4/h1,9,11,14H,10,12-13H2,2-7H3/b11-9-. The van der Waals surface area contributed by atoms with Crippen molar-refractivity contribution < 1.29 is 14.0 Å². The summed E-state index contributed by atoms with van der Waals surface area (Å²) in [5, 5.41) is 0.150. The Morgan fingerprint density at radius 2 is 2.00 bits per heavy atom. The summed E-state index contributed by atoms with van der Waals surface area (Å²) in [5.41, 5.74) is 0. The number of methoxy groups -OCH3 is 1. The SMILES string of the molecule is C#C/C=C\C(CCCC(=O)OC)O[Si](C)(C)C(C)(C)C. The number of hydrogen-bond acceptors (Lipinski definition) is 3. The van der Waals surface area contributed by atoms with Crippen LogP contribution < -0.4 is 0 Å². The third-order valence-electron chi connectivity index (χ3n) is 3.76. The van der Waals surface area contributed by atoms with Crippen molar-refractivity contribution in [3.05, 3.63) is 12.2 Å². The molecule has 0 aromatic heterocycles. The molecule has 4 heteroatoms. The lowest BCUT2D eigenvalue weighted by Crippen LogP contribution is -2.43.